The molecule has 0 spiro atoms. The number of rotatable bonds is 5. The van der Waals surface area contributed by atoms with Gasteiger partial charge in [0.15, 0.2) is 9.84 Å². The first-order valence-electron chi connectivity index (χ1n) is 4.71. The molecule has 4 nitrogen and oxygen atoms in total. The minimum Gasteiger partial charge on any atom is -0.491 e. The second kappa shape index (κ2) is 5.65. The van der Waals surface area contributed by atoms with E-state index >= 15 is 0 Å². The van der Waals surface area contributed by atoms with Gasteiger partial charge in [0.1, 0.15) is 12.4 Å². The van der Waals surface area contributed by atoms with E-state index in [1.165, 1.54) is 6.26 Å². The predicted molar refractivity (Wildman–Crippen MR) is 67.2 cm³/mol. The largest absolute Gasteiger partial charge is 0.491 e. The van der Waals surface area contributed by atoms with Crippen molar-refractivity contribution in [2.24, 2.45) is 5.73 Å². The topological polar surface area (TPSA) is 69.4 Å². The highest BCUT2D eigenvalue weighted by Crippen LogP contribution is 2.25. The molecule has 0 atom stereocenters. The molecule has 0 amide bonds. The lowest BCUT2D eigenvalue weighted by atomic mass is 10.2. The van der Waals surface area contributed by atoms with Crippen LogP contribution in [-0.2, 0) is 16.4 Å². The number of sulfone groups is 1. The van der Waals surface area contributed by atoms with Crippen molar-refractivity contribution in [1.82, 2.24) is 0 Å². The third-order valence-corrected chi connectivity index (χ3v) is 3.47. The maximum Gasteiger partial charge on any atom is 0.150 e. The number of ether oxygens (including phenoxy) is 1. The van der Waals surface area contributed by atoms with Gasteiger partial charge in [-0.15, -0.1) is 0 Å². The van der Waals surface area contributed by atoms with Crippen LogP contribution in [0.3, 0.4) is 0 Å². The zero-order valence-corrected chi connectivity index (χ0v) is 11.3. The van der Waals surface area contributed by atoms with Crippen molar-refractivity contribution < 1.29 is 13.2 Å². The standard InChI is InChI=1S/C10H14BrNO3S/c1-16(13,14)5-4-15-10-3-2-8(7-12)6-9(10)11/h2-3,6H,4-5,7,12H2,1H3. The van der Waals surface area contributed by atoms with Crippen LogP contribution in [0, 0.1) is 0 Å². The second-order valence-corrected chi connectivity index (χ2v) is 6.56. The highest BCUT2D eigenvalue weighted by Gasteiger charge is 2.05. The summed E-state index contributed by atoms with van der Waals surface area (Å²) >= 11 is 3.34. The molecule has 0 radical (unpaired) electrons. The van der Waals surface area contributed by atoms with Gasteiger partial charge in [-0.3, -0.25) is 0 Å². The Hall–Kier alpha value is -0.590. The molecule has 1 rings (SSSR count). The quantitative estimate of drug-likeness (QED) is 0.891. The van der Waals surface area contributed by atoms with Crippen LogP contribution in [0.15, 0.2) is 22.7 Å². The van der Waals surface area contributed by atoms with E-state index in [0.29, 0.717) is 12.3 Å². The van der Waals surface area contributed by atoms with Gasteiger partial charge in [0.2, 0.25) is 0 Å². The SMILES string of the molecule is CS(=O)(=O)CCOc1ccc(CN)cc1Br. The van der Waals surface area contributed by atoms with Crippen molar-refractivity contribution in [1.29, 1.82) is 0 Å². The molecule has 16 heavy (non-hydrogen) atoms. The van der Waals surface area contributed by atoms with Gasteiger partial charge in [0.05, 0.1) is 10.2 Å². The van der Waals surface area contributed by atoms with E-state index < -0.39 is 9.84 Å². The zero-order valence-electron chi connectivity index (χ0n) is 8.94. The first-order valence-corrected chi connectivity index (χ1v) is 7.57. The fraction of sp³-hybridized carbons (Fsp3) is 0.400. The lowest BCUT2D eigenvalue weighted by Crippen LogP contribution is -2.12. The first kappa shape index (κ1) is 13.5. The van der Waals surface area contributed by atoms with Crippen LogP contribution in [0.4, 0.5) is 0 Å². The normalized spacial score (nSPS) is 11.4. The molecule has 0 saturated carbocycles. The third-order valence-electron chi connectivity index (χ3n) is 1.94. The van der Waals surface area contributed by atoms with E-state index in [2.05, 4.69) is 15.9 Å². The minimum absolute atomic E-state index is 0.0120. The molecule has 0 unspecified atom stereocenters. The summed E-state index contributed by atoms with van der Waals surface area (Å²) in [5.41, 5.74) is 6.47. The summed E-state index contributed by atoms with van der Waals surface area (Å²) in [6, 6.07) is 5.48. The van der Waals surface area contributed by atoms with Gasteiger partial charge in [-0.25, -0.2) is 8.42 Å². The molecule has 90 valence electrons. The number of hydrogen-bond acceptors (Lipinski definition) is 4. The van der Waals surface area contributed by atoms with E-state index in [9.17, 15) is 8.42 Å². The van der Waals surface area contributed by atoms with Gasteiger partial charge >= 0.3 is 0 Å². The van der Waals surface area contributed by atoms with Gasteiger partial charge in [-0.2, -0.15) is 0 Å². The van der Waals surface area contributed by atoms with Crippen LogP contribution in [0.1, 0.15) is 5.56 Å². The molecule has 0 aliphatic heterocycles. The minimum atomic E-state index is -2.98. The molecule has 0 aromatic heterocycles. The number of halogens is 1. The second-order valence-electron chi connectivity index (χ2n) is 3.45. The van der Waals surface area contributed by atoms with Gasteiger partial charge in [-0.1, -0.05) is 6.07 Å². The fourth-order valence-corrected chi connectivity index (χ4v) is 2.02. The Bertz CT molecular complexity index is 459. The van der Waals surface area contributed by atoms with E-state index in [1.54, 1.807) is 6.07 Å². The summed E-state index contributed by atoms with van der Waals surface area (Å²) in [4.78, 5) is 0. The summed E-state index contributed by atoms with van der Waals surface area (Å²) in [6.07, 6.45) is 1.18. The molecule has 0 heterocycles. The molecule has 1 aromatic carbocycles. The predicted octanol–water partition coefficient (Wildman–Crippen LogP) is 1.33. The van der Waals surface area contributed by atoms with Crippen LogP contribution in [0.5, 0.6) is 5.75 Å². The van der Waals surface area contributed by atoms with Gasteiger partial charge < -0.3 is 10.5 Å². The van der Waals surface area contributed by atoms with Crippen molar-refractivity contribution in [3.05, 3.63) is 28.2 Å². The molecule has 0 aliphatic carbocycles. The third kappa shape index (κ3) is 4.51. The van der Waals surface area contributed by atoms with Gasteiger partial charge in [0, 0.05) is 12.8 Å². The highest BCUT2D eigenvalue weighted by atomic mass is 79.9. The van der Waals surface area contributed by atoms with Gasteiger partial charge in [-0.05, 0) is 33.6 Å². The lowest BCUT2D eigenvalue weighted by molar-refractivity contribution is 0.339. The molecule has 2 N–H and O–H groups in total. The Morgan fingerprint density at radius 2 is 2.12 bits per heavy atom. The van der Waals surface area contributed by atoms with E-state index in [1.807, 2.05) is 12.1 Å². The zero-order chi connectivity index (χ0) is 12.2. The average Bonchev–Trinajstić information content (AvgIpc) is 2.18. The molecular formula is C10H14BrNO3S. The van der Waals surface area contributed by atoms with Crippen molar-refractivity contribution in [2.75, 3.05) is 18.6 Å². The Kier molecular flexibility index (Phi) is 4.76. The maximum absolute atomic E-state index is 10.9. The van der Waals surface area contributed by atoms with Crippen molar-refractivity contribution in [3.63, 3.8) is 0 Å². The smallest absolute Gasteiger partial charge is 0.150 e. The van der Waals surface area contributed by atoms with Crippen molar-refractivity contribution in [2.45, 2.75) is 6.54 Å². The highest BCUT2D eigenvalue weighted by molar-refractivity contribution is 9.10. The number of hydrogen-bond donors (Lipinski definition) is 1. The van der Waals surface area contributed by atoms with Crippen LogP contribution >= 0.6 is 15.9 Å². The van der Waals surface area contributed by atoms with Crippen LogP contribution in [-0.4, -0.2) is 27.0 Å². The molecule has 0 fully saturated rings. The van der Waals surface area contributed by atoms with Crippen molar-refractivity contribution in [3.8, 4) is 5.75 Å². The molecule has 0 aliphatic rings. The number of nitrogens with two attached hydrogens (primary N) is 1. The first-order chi connectivity index (χ1) is 7.42. The van der Waals surface area contributed by atoms with Crippen LogP contribution in [0.25, 0.3) is 0 Å². The summed E-state index contributed by atoms with van der Waals surface area (Å²) in [5.74, 6) is 0.638. The van der Waals surface area contributed by atoms with Gasteiger partial charge in [0.25, 0.3) is 0 Å². The molecule has 0 saturated heterocycles. The molecular weight excluding hydrogens is 294 g/mol. The van der Waals surface area contributed by atoms with Crippen molar-refractivity contribution >= 4 is 25.8 Å². The lowest BCUT2D eigenvalue weighted by Gasteiger charge is -2.08. The van der Waals surface area contributed by atoms with E-state index in [4.69, 9.17) is 10.5 Å². The summed E-state index contributed by atoms with van der Waals surface area (Å²) in [7, 11) is -2.98. The van der Waals surface area contributed by atoms with E-state index in [-0.39, 0.29) is 12.4 Å². The Morgan fingerprint density at radius 1 is 1.44 bits per heavy atom. The Morgan fingerprint density at radius 3 is 2.62 bits per heavy atom. The summed E-state index contributed by atoms with van der Waals surface area (Å²) in [5, 5.41) is 0. The Labute approximate surface area is 104 Å². The van der Waals surface area contributed by atoms with Crippen LogP contribution in [0.2, 0.25) is 0 Å². The molecule has 6 heteroatoms. The molecule has 0 bridgehead atoms. The maximum atomic E-state index is 10.9. The number of benzene rings is 1. The summed E-state index contributed by atoms with van der Waals surface area (Å²) < 4.78 is 27.9. The van der Waals surface area contributed by atoms with Crippen LogP contribution < -0.4 is 10.5 Å². The molecule has 1 aromatic rings. The van der Waals surface area contributed by atoms with E-state index in [0.717, 1.165) is 10.0 Å². The summed E-state index contributed by atoms with van der Waals surface area (Å²) in [6.45, 7) is 0.613. The average molecular weight is 308 g/mol. The monoisotopic (exact) mass is 307 g/mol. The fourth-order valence-electron chi connectivity index (χ4n) is 1.09. The Balaban J connectivity index is 2.61.